The van der Waals surface area contributed by atoms with Gasteiger partial charge in [-0.15, -0.1) is 0 Å². The van der Waals surface area contributed by atoms with Crippen molar-refractivity contribution in [3.8, 4) is 17.2 Å². The first-order chi connectivity index (χ1) is 18.0. The van der Waals surface area contributed by atoms with Crippen molar-refractivity contribution < 1.29 is 18.7 Å². The summed E-state index contributed by atoms with van der Waals surface area (Å²) in [4.78, 5) is 33.4. The lowest BCUT2D eigenvalue weighted by Gasteiger charge is -2.16. The quantitative estimate of drug-likeness (QED) is 0.334. The van der Waals surface area contributed by atoms with Crippen LogP contribution in [0, 0.1) is 5.82 Å². The van der Waals surface area contributed by atoms with Crippen molar-refractivity contribution in [2.24, 2.45) is 0 Å². The number of carbonyl (C=O) groups excluding carboxylic acids is 2. The summed E-state index contributed by atoms with van der Waals surface area (Å²) in [5.41, 5.74) is 2.05. The van der Waals surface area contributed by atoms with Crippen molar-refractivity contribution in [3.05, 3.63) is 103 Å². The van der Waals surface area contributed by atoms with Gasteiger partial charge in [0.25, 0.3) is 0 Å². The van der Waals surface area contributed by atoms with E-state index in [4.69, 9.17) is 4.74 Å². The van der Waals surface area contributed by atoms with Gasteiger partial charge < -0.3 is 15.4 Å². The number of amides is 2. The largest absolute Gasteiger partial charge is 0.457 e. The Hall–Kier alpha value is -5.12. The van der Waals surface area contributed by atoms with Gasteiger partial charge in [0.15, 0.2) is 0 Å². The maximum Gasteiger partial charge on any atom is 0.313 e. The van der Waals surface area contributed by atoms with Gasteiger partial charge in [0.1, 0.15) is 30.0 Å². The van der Waals surface area contributed by atoms with E-state index < -0.39 is 17.9 Å². The Morgan fingerprint density at radius 1 is 0.919 bits per heavy atom. The maximum atomic E-state index is 13.2. The van der Waals surface area contributed by atoms with Crippen LogP contribution in [0.15, 0.2) is 91.8 Å². The van der Waals surface area contributed by atoms with E-state index in [0.717, 1.165) is 11.3 Å². The van der Waals surface area contributed by atoms with Gasteiger partial charge in [-0.3, -0.25) is 14.6 Å². The van der Waals surface area contributed by atoms with Crippen LogP contribution in [-0.4, -0.2) is 31.6 Å². The van der Waals surface area contributed by atoms with Crippen molar-refractivity contribution in [1.82, 2.24) is 25.1 Å². The van der Waals surface area contributed by atoms with Crippen LogP contribution in [0.2, 0.25) is 0 Å². The highest BCUT2D eigenvalue weighted by Crippen LogP contribution is 2.34. The molecule has 0 saturated carbocycles. The molecule has 5 rings (SSSR count). The topological polar surface area (TPSA) is 111 Å². The summed E-state index contributed by atoms with van der Waals surface area (Å²) in [7, 11) is 0. The van der Waals surface area contributed by atoms with E-state index in [1.54, 1.807) is 48.5 Å². The molecule has 0 spiro atoms. The number of rotatable bonds is 6. The molecule has 0 saturated heterocycles. The number of halogens is 1. The minimum atomic E-state index is -0.816. The fourth-order valence-electron chi connectivity index (χ4n) is 3.77. The third-order valence-electron chi connectivity index (χ3n) is 5.70. The molecule has 10 heteroatoms. The van der Waals surface area contributed by atoms with Crippen molar-refractivity contribution in [2.75, 3.05) is 5.32 Å². The molecule has 184 valence electrons. The summed E-state index contributed by atoms with van der Waals surface area (Å²) >= 11 is 0. The molecule has 0 aliphatic rings. The van der Waals surface area contributed by atoms with E-state index in [-0.39, 0.29) is 5.82 Å². The number of nitrogens with one attached hydrogen (secondary N) is 2. The van der Waals surface area contributed by atoms with Crippen LogP contribution < -0.4 is 15.4 Å². The molecule has 0 radical (unpaired) electrons. The second-order valence-corrected chi connectivity index (χ2v) is 8.17. The predicted octanol–water partition coefficient (Wildman–Crippen LogP) is 4.56. The molecule has 3 aromatic carbocycles. The fraction of sp³-hybridized carbons (Fsp3) is 0.0741. The lowest BCUT2D eigenvalue weighted by atomic mass is 10.1. The van der Waals surface area contributed by atoms with Crippen molar-refractivity contribution in [3.63, 3.8) is 0 Å². The van der Waals surface area contributed by atoms with Gasteiger partial charge in [0.05, 0.1) is 17.4 Å². The number of aromatic nitrogens is 4. The highest BCUT2D eigenvalue weighted by molar-refractivity contribution is 6.40. The molecule has 0 bridgehead atoms. The Balaban J connectivity index is 1.28. The fourth-order valence-corrected chi connectivity index (χ4v) is 3.77. The van der Waals surface area contributed by atoms with E-state index in [2.05, 4.69) is 25.7 Å². The highest BCUT2D eigenvalue weighted by atomic mass is 19.1. The summed E-state index contributed by atoms with van der Waals surface area (Å²) < 4.78 is 20.7. The zero-order valence-corrected chi connectivity index (χ0v) is 19.6. The zero-order chi connectivity index (χ0) is 25.8. The molecule has 1 atom stereocenters. The van der Waals surface area contributed by atoms with E-state index in [1.807, 2.05) is 24.3 Å². The number of ether oxygens (including phenoxy) is 1. The predicted molar refractivity (Wildman–Crippen MR) is 135 cm³/mol. The molecule has 0 fully saturated rings. The summed E-state index contributed by atoms with van der Waals surface area (Å²) in [6, 6.07) is 17.6. The molecule has 5 aromatic rings. The second-order valence-electron chi connectivity index (χ2n) is 8.17. The van der Waals surface area contributed by atoms with Gasteiger partial charge in [-0.05, 0) is 67.1 Å². The lowest BCUT2D eigenvalue weighted by Crippen LogP contribution is -2.36. The van der Waals surface area contributed by atoms with Crippen LogP contribution in [0.3, 0.4) is 0 Å². The number of carbonyl (C=O) groups is 2. The maximum absolute atomic E-state index is 13.2. The van der Waals surface area contributed by atoms with Crippen LogP contribution in [0.1, 0.15) is 18.5 Å². The second kappa shape index (κ2) is 10.2. The van der Waals surface area contributed by atoms with Gasteiger partial charge in [0.2, 0.25) is 0 Å². The molecule has 0 aliphatic carbocycles. The monoisotopic (exact) mass is 496 g/mol. The molecular formula is C27H21FN6O3. The minimum absolute atomic E-state index is 0.365. The molecule has 0 aliphatic heterocycles. The molecule has 37 heavy (non-hydrogen) atoms. The van der Waals surface area contributed by atoms with E-state index >= 15 is 0 Å². The number of fused-ring (bicyclic) bond motifs is 1. The molecule has 2 amide bonds. The van der Waals surface area contributed by atoms with Gasteiger partial charge in [0, 0.05) is 23.2 Å². The lowest BCUT2D eigenvalue weighted by molar-refractivity contribution is -0.136. The summed E-state index contributed by atoms with van der Waals surface area (Å²) in [6.45, 7) is 1.79. The van der Waals surface area contributed by atoms with E-state index in [9.17, 15) is 14.0 Å². The summed E-state index contributed by atoms with van der Waals surface area (Å²) in [5, 5.41) is 10.7. The van der Waals surface area contributed by atoms with Crippen molar-refractivity contribution >= 4 is 28.3 Å². The average Bonchev–Trinajstić information content (AvgIpc) is 3.46. The third-order valence-corrected chi connectivity index (χ3v) is 5.70. The Morgan fingerprint density at radius 3 is 2.43 bits per heavy atom. The number of nitrogens with zero attached hydrogens (tertiary/aromatic N) is 4. The Morgan fingerprint density at radius 2 is 1.70 bits per heavy atom. The van der Waals surface area contributed by atoms with E-state index in [0.29, 0.717) is 28.0 Å². The highest BCUT2D eigenvalue weighted by Gasteiger charge is 2.19. The molecule has 9 nitrogen and oxygen atoms in total. The molecular weight excluding hydrogens is 475 g/mol. The zero-order valence-electron chi connectivity index (χ0n) is 19.6. The smallest absolute Gasteiger partial charge is 0.313 e. The van der Waals surface area contributed by atoms with Gasteiger partial charge in [-0.1, -0.05) is 12.1 Å². The van der Waals surface area contributed by atoms with Gasteiger partial charge in [-0.2, -0.15) is 5.10 Å². The SMILES string of the molecule is CC(NC(=O)C(=O)Nc1ccc(Oc2ccc(F)cc2)c2ccncc12)c1ccc(-n2cncn2)cc1. The first-order valence-electron chi connectivity index (χ1n) is 11.3. The normalized spacial score (nSPS) is 11.6. The number of pyridine rings is 1. The minimum Gasteiger partial charge on any atom is -0.457 e. The Kier molecular flexibility index (Phi) is 6.54. The van der Waals surface area contributed by atoms with Crippen LogP contribution in [0.4, 0.5) is 10.1 Å². The Bertz CT molecular complexity index is 1550. The number of hydrogen-bond acceptors (Lipinski definition) is 6. The van der Waals surface area contributed by atoms with Crippen molar-refractivity contribution in [1.29, 1.82) is 0 Å². The van der Waals surface area contributed by atoms with E-state index in [1.165, 1.54) is 30.6 Å². The van der Waals surface area contributed by atoms with Gasteiger partial charge >= 0.3 is 11.8 Å². The van der Waals surface area contributed by atoms with Crippen LogP contribution in [0.5, 0.6) is 11.5 Å². The molecule has 2 aromatic heterocycles. The number of anilines is 1. The third kappa shape index (κ3) is 5.27. The average molecular weight is 497 g/mol. The van der Waals surface area contributed by atoms with Crippen molar-refractivity contribution in [2.45, 2.75) is 13.0 Å². The summed E-state index contributed by atoms with van der Waals surface area (Å²) in [5.74, 6) is -1.01. The number of hydrogen-bond donors (Lipinski definition) is 2. The standard InChI is InChI=1S/C27H21FN6O3/c1-17(18-2-6-20(7-3-18)34-16-30-15-31-34)32-26(35)27(36)33-24-10-11-25(22-12-13-29-14-23(22)24)37-21-8-4-19(28)5-9-21/h2-17H,1H3,(H,32,35)(H,33,36). The Labute approximate surface area is 210 Å². The first-order valence-corrected chi connectivity index (χ1v) is 11.3. The van der Waals surface area contributed by atoms with Crippen LogP contribution in [-0.2, 0) is 9.59 Å². The van der Waals surface area contributed by atoms with Gasteiger partial charge in [-0.25, -0.2) is 14.1 Å². The molecule has 2 N–H and O–H groups in total. The van der Waals surface area contributed by atoms with Crippen LogP contribution >= 0.6 is 0 Å². The van der Waals surface area contributed by atoms with Crippen LogP contribution in [0.25, 0.3) is 16.5 Å². The summed E-state index contributed by atoms with van der Waals surface area (Å²) in [6.07, 6.45) is 6.19. The molecule has 2 heterocycles. The number of benzene rings is 3. The molecule has 1 unspecified atom stereocenters. The first kappa shape index (κ1) is 23.6.